The van der Waals surface area contributed by atoms with Crippen LogP contribution in [0.3, 0.4) is 0 Å². The fourth-order valence-corrected chi connectivity index (χ4v) is 3.19. The van der Waals surface area contributed by atoms with Gasteiger partial charge >= 0.3 is 6.09 Å². The number of carbonyl (C=O) groups excluding carboxylic acids is 1. The van der Waals surface area contributed by atoms with Crippen molar-refractivity contribution >= 4 is 18.0 Å². The number of hydrogen-bond acceptors (Lipinski definition) is 9. The molecule has 3 aliphatic rings. The van der Waals surface area contributed by atoms with E-state index in [0.717, 1.165) is 0 Å². The minimum atomic E-state index is -0.985. The Balaban J connectivity index is 1.96. The standard InChI is InChI=1S/C10H17N7O3/c11-7-15-6-4(3-20-9(13)19)14-8(12)17-2-1-5(18)10(6,17)16-7/h4-6,18H,1-3H2,(H2,12,14)(H2,13,19)(H3,11,15,16)/t4-,5-,6-,10+/m0/s1. The third kappa shape index (κ3) is 1.57. The molecule has 0 aromatic heterocycles. The summed E-state index contributed by atoms with van der Waals surface area (Å²) in [6.07, 6.45) is -1.12. The summed E-state index contributed by atoms with van der Waals surface area (Å²) < 4.78 is 4.80. The highest BCUT2D eigenvalue weighted by Crippen LogP contribution is 2.40. The average Bonchev–Trinajstić information content (AvgIpc) is 2.88. The van der Waals surface area contributed by atoms with E-state index in [9.17, 15) is 9.90 Å². The Morgan fingerprint density at radius 3 is 3.05 bits per heavy atom. The zero-order valence-electron chi connectivity index (χ0n) is 10.7. The van der Waals surface area contributed by atoms with Crippen LogP contribution >= 0.6 is 0 Å². The van der Waals surface area contributed by atoms with Crippen molar-refractivity contribution in [3.05, 3.63) is 0 Å². The zero-order chi connectivity index (χ0) is 14.5. The van der Waals surface area contributed by atoms with Crippen LogP contribution < -0.4 is 22.5 Å². The molecule has 110 valence electrons. The Kier molecular flexibility index (Phi) is 2.64. The molecule has 10 nitrogen and oxygen atoms in total. The van der Waals surface area contributed by atoms with Gasteiger partial charge in [-0.2, -0.15) is 0 Å². The lowest BCUT2D eigenvalue weighted by molar-refractivity contribution is 0.0253. The van der Waals surface area contributed by atoms with Gasteiger partial charge in [0.1, 0.15) is 24.8 Å². The minimum absolute atomic E-state index is 0.0567. The summed E-state index contributed by atoms with van der Waals surface area (Å²) in [5, 5.41) is 13.3. The first-order valence-electron chi connectivity index (χ1n) is 6.28. The van der Waals surface area contributed by atoms with Gasteiger partial charge in [-0.3, -0.25) is 0 Å². The van der Waals surface area contributed by atoms with E-state index in [4.69, 9.17) is 21.9 Å². The summed E-state index contributed by atoms with van der Waals surface area (Å²) in [6, 6.07) is -0.942. The first kappa shape index (κ1) is 12.8. The first-order chi connectivity index (χ1) is 9.45. The maximum atomic E-state index is 10.8. The summed E-state index contributed by atoms with van der Waals surface area (Å²) in [6.45, 7) is 0.480. The molecule has 3 aliphatic heterocycles. The lowest BCUT2D eigenvalue weighted by Gasteiger charge is -2.44. The Morgan fingerprint density at radius 2 is 2.35 bits per heavy atom. The van der Waals surface area contributed by atoms with E-state index < -0.39 is 29.9 Å². The molecule has 1 spiro atoms. The van der Waals surface area contributed by atoms with Crippen molar-refractivity contribution in [2.45, 2.75) is 30.3 Å². The maximum absolute atomic E-state index is 10.8. The molecule has 0 aromatic carbocycles. The van der Waals surface area contributed by atoms with Crippen molar-refractivity contribution in [1.82, 2.24) is 10.2 Å². The van der Waals surface area contributed by atoms with Crippen LogP contribution in [0.15, 0.2) is 9.98 Å². The lowest BCUT2D eigenvalue weighted by Crippen LogP contribution is -2.68. The second kappa shape index (κ2) is 4.13. The number of aliphatic imine (C=N–C) groups is 2. The Labute approximate surface area is 114 Å². The van der Waals surface area contributed by atoms with Crippen LogP contribution in [-0.2, 0) is 4.74 Å². The van der Waals surface area contributed by atoms with Crippen LogP contribution in [0.2, 0.25) is 0 Å². The van der Waals surface area contributed by atoms with E-state index >= 15 is 0 Å². The minimum Gasteiger partial charge on any atom is -0.447 e. The molecular formula is C10H17N7O3. The number of nitrogens with zero attached hydrogens (tertiary/aromatic N) is 3. The molecule has 4 atom stereocenters. The fraction of sp³-hybridized carbons (Fsp3) is 0.700. The highest BCUT2D eigenvalue weighted by Gasteiger charge is 2.62. The van der Waals surface area contributed by atoms with Crippen molar-refractivity contribution in [3.63, 3.8) is 0 Å². The number of carbonyl (C=O) groups is 1. The van der Waals surface area contributed by atoms with Crippen LogP contribution in [0.1, 0.15) is 6.42 Å². The molecular weight excluding hydrogens is 266 g/mol. The molecule has 1 fully saturated rings. The van der Waals surface area contributed by atoms with Gasteiger partial charge in [0.15, 0.2) is 17.6 Å². The number of nitrogens with one attached hydrogen (secondary N) is 1. The van der Waals surface area contributed by atoms with E-state index in [1.54, 1.807) is 4.90 Å². The predicted molar refractivity (Wildman–Crippen MR) is 69.6 cm³/mol. The van der Waals surface area contributed by atoms with Gasteiger partial charge in [0.25, 0.3) is 0 Å². The molecule has 1 amide bonds. The van der Waals surface area contributed by atoms with Crippen LogP contribution in [0.25, 0.3) is 0 Å². The van der Waals surface area contributed by atoms with E-state index in [1.165, 1.54) is 0 Å². The highest BCUT2D eigenvalue weighted by molar-refractivity contribution is 5.86. The molecule has 8 N–H and O–H groups in total. The number of rotatable bonds is 2. The van der Waals surface area contributed by atoms with E-state index in [0.29, 0.717) is 13.0 Å². The van der Waals surface area contributed by atoms with Gasteiger partial charge in [-0.1, -0.05) is 0 Å². The number of aliphatic hydroxyl groups is 1. The van der Waals surface area contributed by atoms with Crippen molar-refractivity contribution in [1.29, 1.82) is 0 Å². The number of amides is 1. The summed E-state index contributed by atoms with van der Waals surface area (Å²) >= 11 is 0. The summed E-state index contributed by atoms with van der Waals surface area (Å²) in [5.41, 5.74) is 15.7. The molecule has 20 heavy (non-hydrogen) atoms. The van der Waals surface area contributed by atoms with Crippen molar-refractivity contribution < 1.29 is 14.6 Å². The van der Waals surface area contributed by atoms with Crippen LogP contribution in [0.4, 0.5) is 4.79 Å². The molecule has 0 saturated carbocycles. The molecule has 10 heteroatoms. The third-order valence-electron chi connectivity index (χ3n) is 3.97. The molecule has 0 bridgehead atoms. The van der Waals surface area contributed by atoms with Crippen LogP contribution in [0, 0.1) is 0 Å². The SMILES string of the molecule is NC(=O)OC[C@@H]1N=C(N)N2CC[C@H](O)[C@@]23N=C(N)N[C@@H]13. The van der Waals surface area contributed by atoms with Gasteiger partial charge in [0.05, 0.1) is 0 Å². The largest absolute Gasteiger partial charge is 0.447 e. The first-order valence-corrected chi connectivity index (χ1v) is 6.28. The maximum Gasteiger partial charge on any atom is 0.404 e. The second-order valence-corrected chi connectivity index (χ2v) is 5.04. The summed E-state index contributed by atoms with van der Waals surface area (Å²) in [5.74, 6) is 0.450. The second-order valence-electron chi connectivity index (χ2n) is 5.04. The quantitative estimate of drug-likeness (QED) is 0.356. The number of hydrogen-bond donors (Lipinski definition) is 5. The lowest BCUT2D eigenvalue weighted by atomic mass is 9.89. The predicted octanol–water partition coefficient (Wildman–Crippen LogP) is -3.17. The molecule has 0 aliphatic carbocycles. The van der Waals surface area contributed by atoms with Gasteiger partial charge in [-0.25, -0.2) is 14.8 Å². The van der Waals surface area contributed by atoms with Gasteiger partial charge in [0.2, 0.25) is 0 Å². The highest BCUT2D eigenvalue weighted by atomic mass is 16.5. The van der Waals surface area contributed by atoms with E-state index in [2.05, 4.69) is 15.3 Å². The topological polar surface area (TPSA) is 165 Å². The summed E-state index contributed by atoms with van der Waals surface area (Å²) in [7, 11) is 0. The number of guanidine groups is 2. The van der Waals surface area contributed by atoms with Crippen LogP contribution in [0.5, 0.6) is 0 Å². The van der Waals surface area contributed by atoms with E-state index in [-0.39, 0.29) is 18.5 Å². The van der Waals surface area contributed by atoms with E-state index in [1.807, 2.05) is 0 Å². The Morgan fingerprint density at radius 1 is 1.60 bits per heavy atom. The normalized spacial score (nSPS) is 38.5. The molecule has 3 heterocycles. The molecule has 1 saturated heterocycles. The molecule has 0 aromatic rings. The molecule has 0 radical (unpaired) electrons. The van der Waals surface area contributed by atoms with Gasteiger partial charge < -0.3 is 37.3 Å². The van der Waals surface area contributed by atoms with Crippen molar-refractivity contribution in [2.75, 3.05) is 13.2 Å². The summed E-state index contributed by atoms with van der Waals surface area (Å²) in [4.78, 5) is 21.1. The van der Waals surface area contributed by atoms with Gasteiger partial charge in [-0.15, -0.1) is 0 Å². The molecule has 0 unspecified atom stereocenters. The monoisotopic (exact) mass is 283 g/mol. The Bertz CT molecular complexity index is 507. The average molecular weight is 283 g/mol. The smallest absolute Gasteiger partial charge is 0.404 e. The number of nitrogens with two attached hydrogens (primary N) is 3. The third-order valence-corrected chi connectivity index (χ3v) is 3.97. The van der Waals surface area contributed by atoms with Crippen molar-refractivity contribution in [3.8, 4) is 0 Å². The number of aliphatic hydroxyl groups excluding tert-OH is 1. The number of primary amides is 1. The fourth-order valence-electron chi connectivity index (χ4n) is 3.19. The molecule has 3 rings (SSSR count). The number of ether oxygens (including phenoxy) is 1. The van der Waals surface area contributed by atoms with Gasteiger partial charge in [0, 0.05) is 6.54 Å². The zero-order valence-corrected chi connectivity index (χ0v) is 10.7. The van der Waals surface area contributed by atoms with Crippen molar-refractivity contribution in [2.24, 2.45) is 27.2 Å². The van der Waals surface area contributed by atoms with Crippen LogP contribution in [-0.4, -0.2) is 65.0 Å². The Hall–Kier alpha value is -2.23. The van der Waals surface area contributed by atoms with Gasteiger partial charge in [-0.05, 0) is 6.42 Å².